The molecule has 9 heteroatoms. The van der Waals surface area contributed by atoms with E-state index in [4.69, 9.17) is 4.74 Å². The van der Waals surface area contributed by atoms with E-state index in [-0.39, 0.29) is 11.7 Å². The van der Waals surface area contributed by atoms with Crippen LogP contribution in [0.25, 0.3) is 10.5 Å². The maximum atomic E-state index is 12.5. The van der Waals surface area contributed by atoms with Crippen molar-refractivity contribution in [3.8, 4) is 0 Å². The fourth-order valence-corrected chi connectivity index (χ4v) is 3.82. The monoisotopic (exact) mass is 403 g/mol. The molecule has 0 N–H and O–H groups in total. The van der Waals surface area contributed by atoms with E-state index >= 15 is 0 Å². The second-order valence-corrected chi connectivity index (χ2v) is 8.41. The molecule has 1 aliphatic rings. The van der Waals surface area contributed by atoms with E-state index in [1.54, 1.807) is 11.0 Å². The zero-order valence-corrected chi connectivity index (χ0v) is 17.5. The average molecular weight is 404 g/mol. The average Bonchev–Trinajstić information content (AvgIpc) is 3.06. The number of ether oxygens (including phenoxy) is 1. The van der Waals surface area contributed by atoms with Crippen molar-refractivity contribution in [3.63, 3.8) is 0 Å². The Morgan fingerprint density at radius 1 is 1.29 bits per heavy atom. The van der Waals surface area contributed by atoms with Crippen LogP contribution in [0.3, 0.4) is 0 Å². The zero-order valence-electron chi connectivity index (χ0n) is 16.6. The van der Waals surface area contributed by atoms with Crippen molar-refractivity contribution in [2.75, 3.05) is 31.1 Å². The smallest absolute Gasteiger partial charge is 0.410 e. The van der Waals surface area contributed by atoms with Crippen molar-refractivity contribution in [2.45, 2.75) is 33.3 Å². The minimum atomic E-state index is -0.517. The van der Waals surface area contributed by atoms with Gasteiger partial charge in [-0.2, -0.15) is 9.61 Å². The summed E-state index contributed by atoms with van der Waals surface area (Å²) < 4.78 is 6.73. The quantitative estimate of drug-likeness (QED) is 0.733. The lowest BCUT2D eigenvalue weighted by Gasteiger charge is -2.36. The van der Waals surface area contributed by atoms with E-state index in [0.29, 0.717) is 42.0 Å². The summed E-state index contributed by atoms with van der Waals surface area (Å²) in [6.45, 7) is 13.4. The van der Waals surface area contributed by atoms with E-state index in [1.165, 1.54) is 21.9 Å². The number of hydrogen-bond acceptors (Lipinski definition) is 7. The SMILES string of the molecule is C=C/C(=C\C)c1nn2c(=O)cc(N3CCN(C(=O)OC(C)(C)C)CC3)nc2s1. The zero-order chi connectivity index (χ0) is 20.5. The Bertz CT molecular complexity index is 978. The Balaban J connectivity index is 1.77. The van der Waals surface area contributed by atoms with Gasteiger partial charge in [-0.05, 0) is 27.7 Å². The normalized spacial score (nSPS) is 15.8. The molecule has 150 valence electrons. The Labute approximate surface area is 167 Å². The van der Waals surface area contributed by atoms with Crippen molar-refractivity contribution in [3.05, 3.63) is 40.2 Å². The number of nitrogens with zero attached hydrogens (tertiary/aromatic N) is 5. The van der Waals surface area contributed by atoms with Gasteiger partial charge < -0.3 is 14.5 Å². The first-order chi connectivity index (χ1) is 13.2. The first-order valence-electron chi connectivity index (χ1n) is 9.15. The molecule has 0 saturated carbocycles. The summed E-state index contributed by atoms with van der Waals surface area (Å²) in [5.41, 5.74) is 0.121. The van der Waals surface area contributed by atoms with E-state index in [0.717, 1.165) is 5.57 Å². The topological polar surface area (TPSA) is 80.0 Å². The van der Waals surface area contributed by atoms with Crippen LogP contribution in [-0.4, -0.2) is 57.4 Å². The predicted molar refractivity (Wildman–Crippen MR) is 111 cm³/mol. The molecule has 2 aromatic rings. The highest BCUT2D eigenvalue weighted by Crippen LogP contribution is 2.23. The van der Waals surface area contributed by atoms with Crippen LogP contribution in [0, 0.1) is 0 Å². The number of fused-ring (bicyclic) bond motifs is 1. The highest BCUT2D eigenvalue weighted by atomic mass is 32.1. The Kier molecular flexibility index (Phi) is 5.55. The number of aromatic nitrogens is 3. The van der Waals surface area contributed by atoms with Crippen LogP contribution in [0.4, 0.5) is 10.6 Å². The fraction of sp³-hybridized carbons (Fsp3) is 0.474. The van der Waals surface area contributed by atoms with Gasteiger partial charge in [-0.15, -0.1) is 0 Å². The van der Waals surface area contributed by atoms with Crippen molar-refractivity contribution < 1.29 is 9.53 Å². The maximum Gasteiger partial charge on any atom is 0.410 e. The van der Waals surface area contributed by atoms with Gasteiger partial charge in [0.15, 0.2) is 0 Å². The summed E-state index contributed by atoms with van der Waals surface area (Å²) in [4.78, 5) is 33.5. The van der Waals surface area contributed by atoms with Crippen LogP contribution in [-0.2, 0) is 4.74 Å². The molecular formula is C19H25N5O3S. The largest absolute Gasteiger partial charge is 0.444 e. The van der Waals surface area contributed by atoms with Gasteiger partial charge in [-0.25, -0.2) is 9.78 Å². The van der Waals surface area contributed by atoms with Crippen molar-refractivity contribution in [1.82, 2.24) is 19.5 Å². The molecule has 1 fully saturated rings. The molecule has 3 rings (SSSR count). The van der Waals surface area contributed by atoms with Crippen molar-refractivity contribution >= 4 is 33.8 Å². The Morgan fingerprint density at radius 3 is 2.54 bits per heavy atom. The Hall–Kier alpha value is -2.68. The fourth-order valence-electron chi connectivity index (χ4n) is 2.85. The Morgan fingerprint density at radius 2 is 1.96 bits per heavy atom. The van der Waals surface area contributed by atoms with E-state index < -0.39 is 5.60 Å². The number of anilines is 1. The molecule has 0 aromatic carbocycles. The van der Waals surface area contributed by atoms with Gasteiger partial charge in [0.05, 0.1) is 0 Å². The second kappa shape index (κ2) is 7.75. The summed E-state index contributed by atoms with van der Waals surface area (Å²) in [5.74, 6) is 0.602. The van der Waals surface area contributed by atoms with Crippen LogP contribution in [0.1, 0.15) is 32.7 Å². The van der Waals surface area contributed by atoms with Crippen molar-refractivity contribution in [1.29, 1.82) is 0 Å². The molecule has 28 heavy (non-hydrogen) atoms. The molecule has 0 radical (unpaired) electrons. The van der Waals surface area contributed by atoms with Crippen LogP contribution in [0.5, 0.6) is 0 Å². The molecule has 0 bridgehead atoms. The molecule has 3 heterocycles. The molecule has 1 amide bonds. The minimum Gasteiger partial charge on any atom is -0.444 e. The molecule has 8 nitrogen and oxygen atoms in total. The summed E-state index contributed by atoms with van der Waals surface area (Å²) in [6, 6.07) is 1.49. The maximum absolute atomic E-state index is 12.5. The van der Waals surface area contributed by atoms with Crippen LogP contribution >= 0.6 is 11.3 Å². The van der Waals surface area contributed by atoms with Gasteiger partial charge >= 0.3 is 6.09 Å². The molecule has 0 atom stereocenters. The van der Waals surface area contributed by atoms with E-state index in [1.807, 2.05) is 38.7 Å². The highest BCUT2D eigenvalue weighted by molar-refractivity contribution is 7.17. The van der Waals surface area contributed by atoms with Crippen LogP contribution in [0.15, 0.2) is 29.6 Å². The predicted octanol–water partition coefficient (Wildman–Crippen LogP) is 2.80. The number of carbonyl (C=O) groups is 1. The third kappa shape index (κ3) is 4.24. The van der Waals surface area contributed by atoms with Gasteiger partial charge in [0.1, 0.15) is 16.4 Å². The van der Waals surface area contributed by atoms with Gasteiger partial charge in [0.2, 0.25) is 4.96 Å². The summed E-state index contributed by atoms with van der Waals surface area (Å²) in [5, 5.41) is 5.05. The molecule has 0 unspecified atom stereocenters. The molecule has 0 aliphatic carbocycles. The third-order valence-electron chi connectivity index (χ3n) is 4.26. The van der Waals surface area contributed by atoms with E-state index in [9.17, 15) is 9.59 Å². The number of rotatable bonds is 3. The standard InChI is InChI=1S/C19H25N5O3S/c1-6-13(7-2)16-21-24-15(25)12-14(20-17(24)28-16)22-8-10-23(11-9-22)18(26)27-19(3,4)5/h6-7,12H,1,8-11H2,2-5H3/b13-7+. The molecule has 1 saturated heterocycles. The van der Waals surface area contributed by atoms with Crippen LogP contribution in [0.2, 0.25) is 0 Å². The van der Waals surface area contributed by atoms with Gasteiger partial charge in [0, 0.05) is 37.8 Å². The van der Waals surface area contributed by atoms with Crippen molar-refractivity contribution in [2.24, 2.45) is 0 Å². The van der Waals surface area contributed by atoms with Gasteiger partial charge in [-0.1, -0.05) is 30.1 Å². The number of piperazine rings is 1. The molecule has 0 spiro atoms. The number of hydrogen-bond donors (Lipinski definition) is 0. The van der Waals surface area contributed by atoms with Crippen LogP contribution < -0.4 is 10.5 Å². The molecule has 2 aromatic heterocycles. The number of carbonyl (C=O) groups excluding carboxylic acids is 1. The van der Waals surface area contributed by atoms with E-state index in [2.05, 4.69) is 16.7 Å². The minimum absolute atomic E-state index is 0.225. The third-order valence-corrected chi connectivity index (χ3v) is 5.22. The van der Waals surface area contributed by atoms with Gasteiger partial charge in [0.25, 0.3) is 5.56 Å². The first kappa shape index (κ1) is 20.1. The molecular weight excluding hydrogens is 378 g/mol. The molecule has 1 aliphatic heterocycles. The summed E-state index contributed by atoms with van der Waals surface area (Å²) >= 11 is 1.35. The number of allylic oxidation sites excluding steroid dienone is 3. The lowest BCUT2D eigenvalue weighted by atomic mass is 10.2. The van der Waals surface area contributed by atoms with Gasteiger partial charge in [-0.3, -0.25) is 4.79 Å². The highest BCUT2D eigenvalue weighted by Gasteiger charge is 2.26. The lowest BCUT2D eigenvalue weighted by molar-refractivity contribution is 0.0240. The summed E-state index contributed by atoms with van der Waals surface area (Å²) in [6.07, 6.45) is 3.29. The number of amides is 1. The second-order valence-electron chi connectivity index (χ2n) is 7.46. The lowest BCUT2D eigenvalue weighted by Crippen LogP contribution is -2.50. The first-order valence-corrected chi connectivity index (χ1v) is 9.96. The summed E-state index contributed by atoms with van der Waals surface area (Å²) in [7, 11) is 0.